The molecule has 0 saturated heterocycles. The average molecular weight is 1300 g/mol. The molecule has 0 spiro atoms. The van der Waals surface area contributed by atoms with Crippen LogP contribution < -0.4 is 0 Å². The van der Waals surface area contributed by atoms with Crippen LogP contribution in [0.4, 0.5) is 0 Å². The van der Waals surface area contributed by atoms with Crippen LogP contribution in [0, 0.1) is 13.8 Å². The summed E-state index contributed by atoms with van der Waals surface area (Å²) in [6.45, 7) is 41.0. The number of quaternary nitrogens is 2. The van der Waals surface area contributed by atoms with Gasteiger partial charge >= 0.3 is 0 Å². The minimum Gasteiger partial charge on any atom is -0.396 e. The van der Waals surface area contributed by atoms with E-state index >= 15 is 0 Å². The van der Waals surface area contributed by atoms with Crippen LogP contribution in [-0.2, 0) is 0 Å². The van der Waals surface area contributed by atoms with Gasteiger partial charge in [0.15, 0.2) is 0 Å². The maximum Gasteiger partial charge on any atom is 0.0751 e. The maximum atomic E-state index is 8.38. The molecule has 0 amide bonds. The first kappa shape index (κ1) is 88.1. The van der Waals surface area contributed by atoms with Gasteiger partial charge < -0.3 is 23.9 Å². The quantitative estimate of drug-likeness (QED) is 0.0402. The van der Waals surface area contributed by atoms with E-state index in [1.807, 2.05) is 0 Å². The first-order valence-corrected chi connectivity index (χ1v) is 38.4. The van der Waals surface area contributed by atoms with E-state index in [0.717, 1.165) is 41.6 Å². The summed E-state index contributed by atoms with van der Waals surface area (Å²) in [5, 5.41) is 8.38. The van der Waals surface area contributed by atoms with Crippen molar-refractivity contribution in [3.05, 3.63) is 213 Å². The fourth-order valence-corrected chi connectivity index (χ4v) is 12.3. The standard InChI is InChI=1S/C35H48.C34H46.C6H15NO.2C5H14N.C5H13N/c1-6-13-28(8-3)31-21-23-33(24-22-31)35(25-29(9-4)30-15-11-10-12-16-30)26-34(14-7-2)32-19-17-27(5)18-20-32;1-6-13-27(7-2)31-20-22-33(23-21-31)34(24-28(8-3)30-14-11-10-12-15-30)25-29(9-4)32-18-16-26(5)17-19-32;1-3-7(2)5-4-6-8;2*1-5-6(2,3)4;1-4-6(3)5-2/h10-12,15-24,28-29,34-35H,6-9,13-14,25-26H2,1-5H3;10-12,14-23,27-29,34H,6-9,13,24-25H2,1-5H3;8H,3-6H2,1-2H3;2*5H2,1-4H3;4-5H2,1-3H3/q;;;2*+1;. The summed E-state index contributed by atoms with van der Waals surface area (Å²) in [5.41, 5.74) is 14.8. The van der Waals surface area contributed by atoms with E-state index in [-0.39, 0.29) is 0 Å². The second kappa shape index (κ2) is 51.3. The van der Waals surface area contributed by atoms with E-state index in [1.165, 1.54) is 165 Å². The van der Waals surface area contributed by atoms with E-state index in [0.29, 0.717) is 54.0 Å². The van der Waals surface area contributed by atoms with Crippen molar-refractivity contribution in [3.63, 3.8) is 0 Å². The third-order valence-electron chi connectivity index (χ3n) is 20.3. The number of aliphatic hydroxyl groups excluding tert-OH is 1. The largest absolute Gasteiger partial charge is 0.396 e. The Labute approximate surface area is 590 Å². The van der Waals surface area contributed by atoms with Crippen LogP contribution >= 0.6 is 0 Å². The number of aliphatic hydroxyl groups is 1. The van der Waals surface area contributed by atoms with Crippen molar-refractivity contribution in [1.82, 2.24) is 9.80 Å². The lowest BCUT2D eigenvalue weighted by Gasteiger charge is -2.28. The zero-order chi connectivity index (χ0) is 71.2. The summed E-state index contributed by atoms with van der Waals surface area (Å²) in [5.74, 6) is 4.94. The van der Waals surface area contributed by atoms with Crippen molar-refractivity contribution in [2.24, 2.45) is 0 Å². The molecule has 6 aromatic carbocycles. The molecule has 95 heavy (non-hydrogen) atoms. The molecular weight excluding hydrogens is 1150 g/mol. The third kappa shape index (κ3) is 37.6. The van der Waals surface area contributed by atoms with Crippen LogP contribution in [-0.4, -0.2) is 126 Å². The topological polar surface area (TPSA) is 26.7 Å². The Kier molecular flexibility index (Phi) is 47.6. The highest BCUT2D eigenvalue weighted by Gasteiger charge is 2.26. The second-order valence-electron chi connectivity index (χ2n) is 29.6. The molecule has 534 valence electrons. The van der Waals surface area contributed by atoms with E-state index in [1.54, 1.807) is 0 Å². The summed E-state index contributed by atoms with van der Waals surface area (Å²) < 4.78 is 2.14. The summed E-state index contributed by atoms with van der Waals surface area (Å²) in [6.07, 6.45) is 19.4. The van der Waals surface area contributed by atoms with Gasteiger partial charge in [0.1, 0.15) is 0 Å². The average Bonchev–Trinajstić information content (AvgIpc) is 0.858. The Morgan fingerprint density at radius 3 is 0.779 bits per heavy atom. The molecule has 0 aliphatic heterocycles. The van der Waals surface area contributed by atoms with Crippen LogP contribution in [0.3, 0.4) is 0 Å². The van der Waals surface area contributed by atoms with Crippen molar-refractivity contribution in [2.45, 2.75) is 254 Å². The van der Waals surface area contributed by atoms with Gasteiger partial charge in [-0.3, -0.25) is 0 Å². The van der Waals surface area contributed by atoms with Crippen molar-refractivity contribution >= 4 is 0 Å². The van der Waals surface area contributed by atoms with Gasteiger partial charge in [-0.25, -0.2) is 0 Å². The molecule has 8 unspecified atom stereocenters. The molecule has 0 aliphatic rings. The predicted molar refractivity (Wildman–Crippen MR) is 426 cm³/mol. The Morgan fingerprint density at radius 2 is 0.537 bits per heavy atom. The zero-order valence-corrected chi connectivity index (χ0v) is 66.1. The molecule has 6 rings (SSSR count). The highest BCUT2D eigenvalue weighted by atomic mass is 16.3. The highest BCUT2D eigenvalue weighted by Crippen LogP contribution is 2.43. The van der Waals surface area contributed by atoms with Gasteiger partial charge in [-0.2, -0.15) is 0 Å². The fraction of sp³-hybridized carbons (Fsp3) is 0.600. The van der Waals surface area contributed by atoms with Crippen LogP contribution in [0.2, 0.25) is 0 Å². The Balaban J connectivity index is 0.000000692. The number of hydrogen-bond donors (Lipinski definition) is 1. The van der Waals surface area contributed by atoms with E-state index in [9.17, 15) is 0 Å². The number of nitrogens with zero attached hydrogens (tertiary/aromatic N) is 4. The van der Waals surface area contributed by atoms with Gasteiger partial charge in [-0.05, 0) is 243 Å². The van der Waals surface area contributed by atoms with Crippen molar-refractivity contribution in [2.75, 3.05) is 102 Å². The molecule has 0 aromatic heterocycles. The molecule has 0 fully saturated rings. The van der Waals surface area contributed by atoms with E-state index < -0.39 is 0 Å². The Hall–Kier alpha value is -4.88. The number of benzene rings is 6. The lowest BCUT2D eigenvalue weighted by molar-refractivity contribution is -0.868. The molecule has 0 aliphatic carbocycles. The summed E-state index contributed by atoms with van der Waals surface area (Å²) in [4.78, 5) is 4.43. The van der Waals surface area contributed by atoms with Crippen LogP contribution in [0.1, 0.15) is 296 Å². The lowest BCUT2D eigenvalue weighted by Crippen LogP contribution is -2.33. The number of hydrogen-bond acceptors (Lipinski definition) is 3. The first-order chi connectivity index (χ1) is 45.4. The van der Waals surface area contributed by atoms with Gasteiger partial charge in [0, 0.05) is 6.61 Å². The number of aryl methyl sites for hydroxylation is 2. The molecule has 5 heteroatoms. The third-order valence-corrected chi connectivity index (χ3v) is 20.3. The predicted octanol–water partition coefficient (Wildman–Crippen LogP) is 24.2. The zero-order valence-electron chi connectivity index (χ0n) is 66.1. The fourth-order valence-electron chi connectivity index (χ4n) is 12.3. The van der Waals surface area contributed by atoms with E-state index in [2.05, 4.69) is 328 Å². The first-order valence-electron chi connectivity index (χ1n) is 38.4. The molecule has 0 radical (unpaired) electrons. The molecule has 1 N–H and O–H groups in total. The monoisotopic (exact) mass is 1300 g/mol. The van der Waals surface area contributed by atoms with Gasteiger partial charge in [0.2, 0.25) is 0 Å². The summed E-state index contributed by atoms with van der Waals surface area (Å²) >= 11 is 0. The molecule has 0 saturated carbocycles. The van der Waals surface area contributed by atoms with Gasteiger partial charge in [0.25, 0.3) is 0 Å². The second-order valence-corrected chi connectivity index (χ2v) is 29.6. The van der Waals surface area contributed by atoms with Gasteiger partial charge in [0.05, 0.1) is 55.4 Å². The van der Waals surface area contributed by atoms with Crippen LogP contribution in [0.5, 0.6) is 0 Å². The summed E-state index contributed by atoms with van der Waals surface area (Å²) in [7, 11) is 17.2. The molecule has 0 heterocycles. The molecule has 8 atom stereocenters. The van der Waals surface area contributed by atoms with Gasteiger partial charge in [-0.15, -0.1) is 0 Å². The smallest absolute Gasteiger partial charge is 0.0751 e. The van der Waals surface area contributed by atoms with Crippen molar-refractivity contribution in [1.29, 1.82) is 0 Å². The highest BCUT2D eigenvalue weighted by molar-refractivity contribution is 5.33. The van der Waals surface area contributed by atoms with Crippen LogP contribution in [0.25, 0.3) is 0 Å². The molecule has 0 bridgehead atoms. The molecule has 6 aromatic rings. The minimum absolute atomic E-state index is 0.310. The maximum absolute atomic E-state index is 8.38. The molecule has 5 nitrogen and oxygen atoms in total. The SMILES string of the molecule is CCCC(CC)c1ccc(C(CC(CC)c2ccccc2)CC(CC)c2ccc(C)cc2)cc1.CCCC(CC)c1ccc(C(CC(CC)c2ccccc2)CC(CCC)c2ccc(C)cc2)cc1.CCN(C)CC.CCN(C)CCCO.CC[N+](C)(C)C.CC[N+](C)(C)C. The minimum atomic E-state index is 0.310. The van der Waals surface area contributed by atoms with Crippen molar-refractivity contribution in [3.8, 4) is 0 Å². The van der Waals surface area contributed by atoms with E-state index in [4.69, 9.17) is 5.11 Å². The lowest BCUT2D eigenvalue weighted by atomic mass is 9.76. The molecular formula is C90H150N4O+2. The Morgan fingerprint density at radius 1 is 0.305 bits per heavy atom. The van der Waals surface area contributed by atoms with Crippen molar-refractivity contribution < 1.29 is 14.1 Å². The Bertz CT molecular complexity index is 2670. The number of rotatable bonds is 35. The normalized spacial score (nSPS) is 13.9. The summed E-state index contributed by atoms with van der Waals surface area (Å²) in [6, 6.07) is 60.6. The van der Waals surface area contributed by atoms with Crippen LogP contribution in [0.15, 0.2) is 158 Å². The van der Waals surface area contributed by atoms with Gasteiger partial charge in [-0.1, -0.05) is 264 Å².